The molecule has 7 aromatic carbocycles. The molecule has 8 aliphatic carbocycles. The molecule has 8 aliphatic rings. The Morgan fingerprint density at radius 1 is 0.328 bits per heavy atom. The topological polar surface area (TPSA) is 9.86 Å². The van der Waals surface area contributed by atoms with Gasteiger partial charge in [0, 0.05) is 32.8 Å². The summed E-state index contributed by atoms with van der Waals surface area (Å²) in [4.78, 5) is 0. The highest BCUT2D eigenvalue weighted by molar-refractivity contribution is 6.11. The lowest BCUT2D eigenvalue weighted by Crippen LogP contribution is -2.48. The van der Waals surface area contributed by atoms with Gasteiger partial charge in [-0.3, -0.25) is 0 Å². The zero-order valence-corrected chi connectivity index (χ0v) is 36.9. The van der Waals surface area contributed by atoms with Crippen molar-refractivity contribution in [3.05, 3.63) is 169 Å². The zero-order valence-electron chi connectivity index (χ0n) is 36.9. The average Bonchev–Trinajstić information content (AvgIpc) is 3.83. The number of nitrogens with zero attached hydrogens (tertiary/aromatic N) is 2. The van der Waals surface area contributed by atoms with Crippen molar-refractivity contribution < 1.29 is 0 Å². The molecule has 0 amide bonds. The normalized spacial score (nSPS) is 28.9. The first-order valence-corrected chi connectivity index (χ1v) is 24.9. The fourth-order valence-electron chi connectivity index (χ4n) is 16.7. The lowest BCUT2D eigenvalue weighted by Gasteiger charge is -2.57. The maximum Gasteiger partial charge on any atom is 0.0547 e. The summed E-state index contributed by atoms with van der Waals surface area (Å²) in [5, 5.41) is 5.52. The molecule has 2 heteroatoms. The summed E-state index contributed by atoms with van der Waals surface area (Å²) in [5.74, 6) is 5.61. The molecule has 0 unspecified atom stereocenters. The summed E-state index contributed by atoms with van der Waals surface area (Å²) in [7, 11) is 0. The summed E-state index contributed by atoms with van der Waals surface area (Å²) in [6, 6.07) is 61.0. The highest BCUT2D eigenvalue weighted by Gasteiger charge is 2.53. The molecule has 8 bridgehead atoms. The highest BCUT2D eigenvalue weighted by Crippen LogP contribution is 2.63. The van der Waals surface area contributed by atoms with Crippen molar-refractivity contribution >= 4 is 43.6 Å². The molecule has 0 atom stereocenters. The average molecular weight is 829 g/mol. The van der Waals surface area contributed by atoms with Crippen molar-refractivity contribution in [2.24, 2.45) is 35.5 Å². The molecule has 0 radical (unpaired) electrons. The maximum atomic E-state index is 2.72. The summed E-state index contributed by atoms with van der Waals surface area (Å²) in [6.45, 7) is 0. The maximum absolute atomic E-state index is 2.72. The molecule has 0 saturated heterocycles. The van der Waals surface area contributed by atoms with Gasteiger partial charge in [0.2, 0.25) is 0 Å². The second-order valence-electron chi connectivity index (χ2n) is 22.2. The van der Waals surface area contributed by atoms with Gasteiger partial charge in [-0.05, 0) is 212 Å². The van der Waals surface area contributed by atoms with Crippen molar-refractivity contribution in [1.29, 1.82) is 0 Å². The van der Waals surface area contributed by atoms with E-state index in [0.717, 1.165) is 35.5 Å². The Hall–Kier alpha value is -5.86. The van der Waals surface area contributed by atoms with E-state index in [1.165, 1.54) is 154 Å². The third-order valence-electron chi connectivity index (χ3n) is 18.4. The van der Waals surface area contributed by atoms with Crippen molar-refractivity contribution in [3.8, 4) is 33.6 Å². The van der Waals surface area contributed by atoms with E-state index in [1.807, 2.05) is 0 Å². The van der Waals surface area contributed by atoms with E-state index >= 15 is 0 Å². The SMILES string of the molecule is c1ccc(-n2c3ccccc3c3ccc(-c4cccc(-c5ccccc5-n5c6ccc(C78CC9CC(CC(C9)C7)C8)cc6c6cc(C78CC9CC(CC(C9)C7)C8)ccc65)c4)cc32)cc1. The quantitative estimate of drug-likeness (QED) is 0.158. The van der Waals surface area contributed by atoms with Gasteiger partial charge in [-0.15, -0.1) is 0 Å². The first kappa shape index (κ1) is 36.5. The van der Waals surface area contributed by atoms with Gasteiger partial charge in [-0.2, -0.15) is 0 Å². The van der Waals surface area contributed by atoms with Crippen molar-refractivity contribution in [3.63, 3.8) is 0 Å². The number of aromatic nitrogens is 2. The molecule has 0 aliphatic heterocycles. The van der Waals surface area contributed by atoms with E-state index < -0.39 is 0 Å². The first-order valence-electron chi connectivity index (χ1n) is 24.9. The summed E-state index contributed by atoms with van der Waals surface area (Å²) < 4.78 is 5.07. The van der Waals surface area contributed by atoms with Crippen LogP contribution in [-0.4, -0.2) is 9.13 Å². The Bertz CT molecular complexity index is 3180. The highest BCUT2D eigenvalue weighted by atomic mass is 15.0. The summed E-state index contributed by atoms with van der Waals surface area (Å²) >= 11 is 0. The number of fused-ring (bicyclic) bond motifs is 6. The predicted octanol–water partition coefficient (Wildman–Crippen LogP) is 16.2. The van der Waals surface area contributed by atoms with Gasteiger partial charge in [-0.1, -0.05) is 97.1 Å². The van der Waals surface area contributed by atoms with Crippen molar-refractivity contribution in [2.45, 2.75) is 87.9 Å². The van der Waals surface area contributed by atoms with Gasteiger partial charge in [0.1, 0.15) is 0 Å². The summed E-state index contributed by atoms with van der Waals surface area (Å²) in [5.41, 5.74) is 16.7. The van der Waals surface area contributed by atoms with Crippen LogP contribution in [0.1, 0.15) is 88.2 Å². The number of rotatable bonds is 6. The minimum absolute atomic E-state index is 0.367. The Morgan fingerprint density at radius 2 is 0.828 bits per heavy atom. The number of hydrogen-bond acceptors (Lipinski definition) is 0. The Labute approximate surface area is 376 Å². The molecule has 0 spiro atoms. The minimum Gasteiger partial charge on any atom is -0.309 e. The smallest absolute Gasteiger partial charge is 0.0547 e. The lowest BCUT2D eigenvalue weighted by atomic mass is 9.48. The van der Waals surface area contributed by atoms with Crippen LogP contribution in [0.25, 0.3) is 77.2 Å². The van der Waals surface area contributed by atoms with Gasteiger partial charge in [0.25, 0.3) is 0 Å². The molecule has 2 aromatic heterocycles. The number of para-hydroxylation sites is 3. The monoisotopic (exact) mass is 828 g/mol. The second kappa shape index (κ2) is 13.4. The minimum atomic E-state index is 0.367. The van der Waals surface area contributed by atoms with Crippen LogP contribution in [0.4, 0.5) is 0 Å². The van der Waals surface area contributed by atoms with Crippen molar-refractivity contribution in [2.75, 3.05) is 0 Å². The van der Waals surface area contributed by atoms with Crippen LogP contribution in [0.2, 0.25) is 0 Å². The van der Waals surface area contributed by atoms with Crippen LogP contribution in [0.15, 0.2) is 158 Å². The Morgan fingerprint density at radius 3 is 1.45 bits per heavy atom. The molecule has 8 saturated carbocycles. The lowest BCUT2D eigenvalue weighted by molar-refractivity contribution is -0.00528. The van der Waals surface area contributed by atoms with Crippen LogP contribution in [0, 0.1) is 35.5 Å². The van der Waals surface area contributed by atoms with E-state index in [0.29, 0.717) is 10.8 Å². The Balaban J connectivity index is 0.891. The van der Waals surface area contributed by atoms with Gasteiger partial charge < -0.3 is 9.13 Å². The third-order valence-corrected chi connectivity index (χ3v) is 18.4. The predicted molar refractivity (Wildman–Crippen MR) is 266 cm³/mol. The van der Waals surface area contributed by atoms with Gasteiger partial charge in [0.05, 0.1) is 27.8 Å². The Kier molecular flexibility index (Phi) is 7.61. The van der Waals surface area contributed by atoms with Crippen LogP contribution in [0.3, 0.4) is 0 Å². The summed E-state index contributed by atoms with van der Waals surface area (Å²) in [6.07, 6.45) is 17.3. The standard InChI is InChI=1S/C62H56N2/c1-2-11-50(12-3-1)63-57-16-7-5-14-52(57)53-20-17-46(30-60(53)63)45-9-8-10-47(29-45)51-13-4-6-15-56(51)64-58-21-18-48(61-33-39-23-40(34-61)25-41(24-39)35-61)31-54(58)55-32-49(19-22-59(55)64)62-36-42-26-43(37-62)28-44(27-42)38-62/h1-22,29-32,39-44H,23-28,33-38H2. The molecular weight excluding hydrogens is 773 g/mol. The van der Waals surface area contributed by atoms with Crippen LogP contribution in [0.5, 0.6) is 0 Å². The van der Waals surface area contributed by atoms with E-state index in [9.17, 15) is 0 Å². The second-order valence-corrected chi connectivity index (χ2v) is 22.2. The number of benzene rings is 7. The zero-order chi connectivity index (χ0) is 41.7. The van der Waals surface area contributed by atoms with E-state index in [1.54, 1.807) is 11.1 Å². The third kappa shape index (κ3) is 5.32. The molecular formula is C62H56N2. The van der Waals surface area contributed by atoms with E-state index in [-0.39, 0.29) is 0 Å². The van der Waals surface area contributed by atoms with E-state index in [4.69, 9.17) is 0 Å². The van der Waals surface area contributed by atoms with Gasteiger partial charge in [0.15, 0.2) is 0 Å². The largest absolute Gasteiger partial charge is 0.309 e. The first-order chi connectivity index (χ1) is 31.5. The van der Waals surface area contributed by atoms with Crippen LogP contribution < -0.4 is 0 Å². The van der Waals surface area contributed by atoms with Crippen LogP contribution >= 0.6 is 0 Å². The van der Waals surface area contributed by atoms with Crippen molar-refractivity contribution in [1.82, 2.24) is 9.13 Å². The molecule has 2 nitrogen and oxygen atoms in total. The fraction of sp³-hybridized carbons (Fsp3) is 0.323. The molecule has 314 valence electrons. The van der Waals surface area contributed by atoms with E-state index in [2.05, 4.69) is 167 Å². The molecule has 8 fully saturated rings. The molecule has 2 heterocycles. The number of hydrogen-bond donors (Lipinski definition) is 0. The van der Waals surface area contributed by atoms with Gasteiger partial charge >= 0.3 is 0 Å². The van der Waals surface area contributed by atoms with Crippen LogP contribution in [-0.2, 0) is 10.8 Å². The molecule has 9 aromatic rings. The molecule has 17 rings (SSSR count). The molecule has 0 N–H and O–H groups in total. The van der Waals surface area contributed by atoms with Gasteiger partial charge in [-0.25, -0.2) is 0 Å². The molecule has 64 heavy (non-hydrogen) atoms. The fourth-order valence-corrected chi connectivity index (χ4v) is 16.7.